The number of piperidine rings is 1. The molecule has 2 unspecified atom stereocenters. The van der Waals surface area contributed by atoms with Crippen molar-refractivity contribution in [3.05, 3.63) is 0 Å². The molecule has 0 aromatic heterocycles. The summed E-state index contributed by atoms with van der Waals surface area (Å²) < 4.78 is 0. The Kier molecular flexibility index (Phi) is 5.27. The van der Waals surface area contributed by atoms with Crippen LogP contribution in [0.3, 0.4) is 0 Å². The van der Waals surface area contributed by atoms with E-state index in [1.807, 2.05) is 0 Å². The number of nitrogens with zero attached hydrogens (tertiary/aromatic N) is 1. The van der Waals surface area contributed by atoms with Gasteiger partial charge in [-0.25, -0.2) is 0 Å². The first-order valence-electron chi connectivity index (χ1n) is 9.62. The van der Waals surface area contributed by atoms with E-state index in [1.165, 1.54) is 64.5 Å². The van der Waals surface area contributed by atoms with Gasteiger partial charge in [0.05, 0.1) is 0 Å². The van der Waals surface area contributed by atoms with E-state index in [0.717, 1.165) is 35.9 Å². The first kappa shape index (κ1) is 15.8. The first-order chi connectivity index (χ1) is 10.1. The van der Waals surface area contributed by atoms with Gasteiger partial charge in [-0.2, -0.15) is 0 Å². The minimum Gasteiger partial charge on any atom is -0.310 e. The van der Waals surface area contributed by atoms with E-state index in [-0.39, 0.29) is 0 Å². The lowest BCUT2D eigenvalue weighted by atomic mass is 9.77. The van der Waals surface area contributed by atoms with Gasteiger partial charge in [-0.3, -0.25) is 4.90 Å². The lowest BCUT2D eigenvalue weighted by Crippen LogP contribution is -2.57. The highest BCUT2D eigenvalue weighted by Gasteiger charge is 2.37. The minimum atomic E-state index is 0.755. The lowest BCUT2D eigenvalue weighted by Gasteiger charge is -2.49. The molecule has 21 heavy (non-hydrogen) atoms. The Morgan fingerprint density at radius 1 is 0.905 bits per heavy atom. The molecule has 1 saturated heterocycles. The minimum absolute atomic E-state index is 0.755. The fourth-order valence-electron chi connectivity index (χ4n) is 4.84. The van der Waals surface area contributed by atoms with Crippen LogP contribution in [0.5, 0.6) is 0 Å². The quantitative estimate of drug-likeness (QED) is 0.841. The second-order valence-electron chi connectivity index (χ2n) is 8.62. The van der Waals surface area contributed by atoms with Crippen molar-refractivity contribution in [3.63, 3.8) is 0 Å². The molecular weight excluding hydrogens is 256 g/mol. The van der Waals surface area contributed by atoms with Gasteiger partial charge in [-0.05, 0) is 49.9 Å². The van der Waals surface area contributed by atoms with Gasteiger partial charge in [0.25, 0.3) is 0 Å². The Balaban J connectivity index is 1.56. The molecule has 0 radical (unpaired) electrons. The fourth-order valence-corrected chi connectivity index (χ4v) is 4.84. The zero-order valence-corrected chi connectivity index (χ0v) is 14.5. The van der Waals surface area contributed by atoms with Crippen molar-refractivity contribution in [3.8, 4) is 0 Å². The summed E-state index contributed by atoms with van der Waals surface area (Å²) in [4.78, 5) is 2.84. The summed E-state index contributed by atoms with van der Waals surface area (Å²) in [6.45, 7) is 9.94. The molecule has 0 aromatic rings. The maximum absolute atomic E-state index is 4.05. The highest BCUT2D eigenvalue weighted by atomic mass is 15.2. The molecule has 1 N–H and O–H groups in total. The Hall–Kier alpha value is -0.0800. The van der Waals surface area contributed by atoms with Gasteiger partial charge < -0.3 is 5.32 Å². The van der Waals surface area contributed by atoms with Crippen molar-refractivity contribution in [2.75, 3.05) is 13.1 Å². The average Bonchev–Trinajstić information content (AvgIpc) is 2.44. The average molecular weight is 293 g/mol. The second-order valence-corrected chi connectivity index (χ2v) is 8.62. The molecule has 2 saturated carbocycles. The van der Waals surface area contributed by atoms with E-state index >= 15 is 0 Å². The van der Waals surface area contributed by atoms with Crippen LogP contribution in [0.15, 0.2) is 0 Å². The summed E-state index contributed by atoms with van der Waals surface area (Å²) in [5.74, 6) is 2.70. The van der Waals surface area contributed by atoms with E-state index in [4.69, 9.17) is 0 Å². The van der Waals surface area contributed by atoms with E-state index in [9.17, 15) is 0 Å². The number of hydrogen-bond donors (Lipinski definition) is 1. The van der Waals surface area contributed by atoms with E-state index in [1.54, 1.807) is 0 Å². The molecule has 3 rings (SSSR count). The van der Waals surface area contributed by atoms with E-state index in [0.29, 0.717) is 0 Å². The lowest BCUT2D eigenvalue weighted by molar-refractivity contribution is 0.0203. The maximum atomic E-state index is 4.05. The largest absolute Gasteiger partial charge is 0.310 e. The zero-order valence-electron chi connectivity index (χ0n) is 14.5. The van der Waals surface area contributed by atoms with Crippen LogP contribution in [0.25, 0.3) is 0 Å². The van der Waals surface area contributed by atoms with Crippen molar-refractivity contribution >= 4 is 0 Å². The van der Waals surface area contributed by atoms with E-state index < -0.39 is 0 Å². The van der Waals surface area contributed by atoms with Crippen LogP contribution in [0.1, 0.15) is 72.1 Å². The Bertz CT molecular complexity index is 316. The molecule has 2 heteroatoms. The highest BCUT2D eigenvalue weighted by molar-refractivity contribution is 4.93. The number of hydrogen-bond acceptors (Lipinski definition) is 2. The molecule has 122 valence electrons. The second kappa shape index (κ2) is 7.00. The summed E-state index contributed by atoms with van der Waals surface area (Å²) in [5.41, 5.74) is 0. The van der Waals surface area contributed by atoms with Gasteiger partial charge in [0.15, 0.2) is 0 Å². The van der Waals surface area contributed by atoms with Gasteiger partial charge in [-0.1, -0.05) is 40.0 Å². The molecule has 0 aromatic carbocycles. The van der Waals surface area contributed by atoms with Gasteiger partial charge in [-0.15, -0.1) is 0 Å². The smallest absolute Gasteiger partial charge is 0.0200 e. The summed E-state index contributed by atoms with van der Waals surface area (Å²) in [7, 11) is 0. The van der Waals surface area contributed by atoms with Crippen molar-refractivity contribution in [1.82, 2.24) is 10.2 Å². The molecule has 0 amide bonds. The predicted molar refractivity (Wildman–Crippen MR) is 90.5 cm³/mol. The molecule has 0 bridgehead atoms. The Morgan fingerprint density at radius 3 is 2.24 bits per heavy atom. The summed E-state index contributed by atoms with van der Waals surface area (Å²) in [5, 5.41) is 4.05. The number of likely N-dealkylation sites (tertiary alicyclic amines) is 1. The van der Waals surface area contributed by atoms with Gasteiger partial charge in [0.2, 0.25) is 0 Å². The highest BCUT2D eigenvalue weighted by Crippen LogP contribution is 2.35. The van der Waals surface area contributed by atoms with Crippen molar-refractivity contribution in [2.45, 2.75) is 90.3 Å². The molecule has 3 aliphatic rings. The van der Waals surface area contributed by atoms with Crippen LogP contribution >= 0.6 is 0 Å². The topological polar surface area (TPSA) is 15.3 Å². The maximum Gasteiger partial charge on any atom is 0.0200 e. The summed E-state index contributed by atoms with van der Waals surface area (Å²) in [6.07, 6.45) is 11.5. The van der Waals surface area contributed by atoms with Gasteiger partial charge in [0.1, 0.15) is 0 Å². The van der Waals surface area contributed by atoms with Crippen LogP contribution in [-0.2, 0) is 0 Å². The first-order valence-corrected chi connectivity index (χ1v) is 9.62. The van der Waals surface area contributed by atoms with Crippen molar-refractivity contribution in [1.29, 1.82) is 0 Å². The third kappa shape index (κ3) is 4.01. The number of rotatable bonds is 4. The van der Waals surface area contributed by atoms with Crippen LogP contribution < -0.4 is 5.32 Å². The molecule has 1 heterocycles. The van der Waals surface area contributed by atoms with Crippen LogP contribution in [0.2, 0.25) is 0 Å². The van der Waals surface area contributed by atoms with Crippen LogP contribution in [-0.4, -0.2) is 36.1 Å². The SMILES string of the molecule is CC1CC(N2CC(NC3CCCCC3)CC(C(C)C)C2)C1. The standard InChI is InChI=1S/C19H36N2/c1-14(2)16-11-18(20-17-7-5-4-6-8-17)13-21(12-16)19-9-15(3)10-19/h14-20H,4-13H2,1-3H3. The molecular formula is C19H36N2. The molecule has 2 aliphatic carbocycles. The third-order valence-corrected chi connectivity index (χ3v) is 6.40. The normalized spacial score (nSPS) is 39.4. The molecule has 2 atom stereocenters. The van der Waals surface area contributed by atoms with Crippen molar-refractivity contribution in [2.24, 2.45) is 17.8 Å². The van der Waals surface area contributed by atoms with Gasteiger partial charge in [0, 0.05) is 31.2 Å². The zero-order chi connectivity index (χ0) is 14.8. The molecule has 2 nitrogen and oxygen atoms in total. The van der Waals surface area contributed by atoms with Crippen molar-refractivity contribution < 1.29 is 0 Å². The third-order valence-electron chi connectivity index (χ3n) is 6.40. The molecule has 1 aliphatic heterocycles. The van der Waals surface area contributed by atoms with Gasteiger partial charge >= 0.3 is 0 Å². The fraction of sp³-hybridized carbons (Fsp3) is 1.00. The Labute approximate surface area is 132 Å². The van der Waals surface area contributed by atoms with Crippen LogP contribution in [0.4, 0.5) is 0 Å². The van der Waals surface area contributed by atoms with Crippen LogP contribution in [0, 0.1) is 17.8 Å². The Morgan fingerprint density at radius 2 is 1.62 bits per heavy atom. The summed E-state index contributed by atoms with van der Waals surface area (Å²) in [6, 6.07) is 2.47. The monoisotopic (exact) mass is 292 g/mol. The predicted octanol–water partition coefficient (Wildman–Crippen LogP) is 4.05. The molecule has 3 fully saturated rings. The molecule has 0 spiro atoms. The number of nitrogens with one attached hydrogen (secondary N) is 1. The van der Waals surface area contributed by atoms with E-state index in [2.05, 4.69) is 31.0 Å². The summed E-state index contributed by atoms with van der Waals surface area (Å²) >= 11 is 0.